The van der Waals surface area contributed by atoms with Crippen molar-refractivity contribution in [3.05, 3.63) is 119 Å². The number of alkyl carbamates (subject to hydrolysis) is 1. The smallest absolute Gasteiger partial charge is 0.407 e. The van der Waals surface area contributed by atoms with Crippen molar-refractivity contribution in [3.8, 4) is 23.0 Å². The molecule has 4 aromatic rings. The Labute approximate surface area is 750 Å². The zero-order valence-corrected chi connectivity index (χ0v) is 76.0. The van der Waals surface area contributed by atoms with E-state index in [0.29, 0.717) is 67.8 Å². The van der Waals surface area contributed by atoms with Crippen LogP contribution in [0, 0.1) is 23.3 Å². The van der Waals surface area contributed by atoms with Crippen LogP contribution < -0.4 is 50.8 Å². The summed E-state index contributed by atoms with van der Waals surface area (Å²) in [5.41, 5.74) is -0.962. The highest BCUT2D eigenvalue weighted by Gasteiger charge is 2.31. The van der Waals surface area contributed by atoms with Crippen molar-refractivity contribution < 1.29 is 160 Å². The molecule has 0 radical (unpaired) electrons. The van der Waals surface area contributed by atoms with Crippen LogP contribution in [0.2, 0.25) is 0 Å². The standard InChI is InChI=1S/C89H130F4N6O30/c1-86(2,3)126-76(103)59-122-65-19-13-62(14-20-65)55-70(82(106)95-29-35-114-41-47-120-53-50-118-45-39-112-33-27-75(102)99-72(84(108)125-81-79(92)68(90)58-69(91)80(81)93)57-64-17-23-67(24-18-64)124-61-78(105)128-88(7,8)9)97-73(100)25-31-110-37-43-116-49-52-119-46-40-113-34-28-94-83(107)71(56-63-15-21-66(22-16-63)123-60-77(104)127-87(4,5)6)98-74(101)26-32-111-38-44-117-51-54-121-48-42-115-36-30-96-85(109)129-89(10,11)12/h13-24,58,70-72H,25-57,59-61H2,1-12H3,(H,94,107)(H,95,106)(H,96,109)(H,97,100)(H,98,101)(H,99,102). The van der Waals surface area contributed by atoms with Gasteiger partial charge in [0.2, 0.25) is 46.9 Å². The van der Waals surface area contributed by atoms with E-state index >= 15 is 0 Å². The van der Waals surface area contributed by atoms with E-state index in [1.807, 2.05) is 0 Å². The minimum absolute atomic E-state index is 0.0183. The first-order valence-electron chi connectivity index (χ1n) is 42.5. The molecule has 0 bridgehead atoms. The largest absolute Gasteiger partial charge is 0.482 e. The Hall–Kier alpha value is -9.98. The molecule has 0 heterocycles. The molecular formula is C89H130F4N6O30. The summed E-state index contributed by atoms with van der Waals surface area (Å²) in [6.07, 6.45) is -1.04. The minimum Gasteiger partial charge on any atom is -0.482 e. The molecule has 6 N–H and O–H groups in total. The van der Waals surface area contributed by atoms with Crippen LogP contribution in [0.4, 0.5) is 22.4 Å². The molecule has 0 aliphatic carbocycles. The lowest BCUT2D eigenvalue weighted by Gasteiger charge is -2.20. The third-order valence-electron chi connectivity index (χ3n) is 16.4. The van der Waals surface area contributed by atoms with E-state index in [4.69, 9.17) is 94.7 Å². The van der Waals surface area contributed by atoms with Crippen molar-refractivity contribution in [2.75, 3.05) is 198 Å². The molecule has 4 rings (SSSR count). The van der Waals surface area contributed by atoms with E-state index in [-0.39, 0.29) is 202 Å². The molecule has 0 saturated carbocycles. The van der Waals surface area contributed by atoms with Crippen LogP contribution in [0.25, 0.3) is 0 Å². The molecule has 4 aromatic carbocycles. The topological polar surface area (TPSA) is 427 Å². The number of carbonyl (C=O) groups is 10. The van der Waals surface area contributed by atoms with Crippen molar-refractivity contribution >= 4 is 59.5 Å². The van der Waals surface area contributed by atoms with Crippen molar-refractivity contribution in [1.82, 2.24) is 31.9 Å². The zero-order chi connectivity index (χ0) is 94.9. The fourth-order valence-electron chi connectivity index (χ4n) is 10.7. The van der Waals surface area contributed by atoms with Gasteiger partial charge in [0.15, 0.2) is 31.5 Å². The number of carbonyl (C=O) groups excluding carboxylic acids is 10. The Morgan fingerprint density at radius 2 is 0.543 bits per heavy atom. The van der Waals surface area contributed by atoms with Gasteiger partial charge in [-0.1, -0.05) is 36.4 Å². The lowest BCUT2D eigenvalue weighted by Crippen LogP contribution is -2.48. The van der Waals surface area contributed by atoms with Gasteiger partial charge in [-0.2, -0.15) is 8.78 Å². The van der Waals surface area contributed by atoms with Crippen molar-refractivity contribution in [1.29, 1.82) is 0 Å². The van der Waals surface area contributed by atoms with Crippen molar-refractivity contribution in [3.63, 3.8) is 0 Å². The van der Waals surface area contributed by atoms with Gasteiger partial charge < -0.3 is 127 Å². The third-order valence-corrected chi connectivity index (χ3v) is 16.4. The highest BCUT2D eigenvalue weighted by molar-refractivity contribution is 5.89. The van der Waals surface area contributed by atoms with E-state index in [1.54, 1.807) is 132 Å². The van der Waals surface area contributed by atoms with Crippen LogP contribution in [0.3, 0.4) is 0 Å². The number of esters is 4. The quantitative estimate of drug-likeness (QED) is 0.00675. The SMILES string of the molecule is CC(C)(C)OC(=O)COc1ccc(CC(NC(=O)CCOCCOCCOCCOCCNC(=O)OC(C)(C)C)C(=O)NCCOCCOCCOCCOCCC(=O)NC(Cc2ccc(OCC(=O)OC(C)(C)C)cc2)C(=O)NCCOCCOCCOCCOCCC(=O)NC(Cc2ccc(OCC(=O)OC(C)(C)C)cc2)C(=O)Oc2c(F)c(F)cc(F)c2F)cc1. The summed E-state index contributed by atoms with van der Waals surface area (Å²) in [5, 5.41) is 16.2. The molecule has 0 fully saturated rings. The Morgan fingerprint density at radius 1 is 0.302 bits per heavy atom. The van der Waals surface area contributed by atoms with Crippen molar-refractivity contribution in [2.24, 2.45) is 0 Å². The second-order valence-corrected chi connectivity index (χ2v) is 32.4. The van der Waals surface area contributed by atoms with Crippen LogP contribution in [0.5, 0.6) is 23.0 Å². The van der Waals surface area contributed by atoms with E-state index in [1.165, 1.54) is 24.3 Å². The molecule has 0 aromatic heterocycles. The predicted octanol–water partition coefficient (Wildman–Crippen LogP) is 6.62. The second-order valence-electron chi connectivity index (χ2n) is 32.4. The highest BCUT2D eigenvalue weighted by atomic mass is 19.2. The van der Waals surface area contributed by atoms with Gasteiger partial charge in [-0.25, -0.2) is 32.8 Å². The fraction of sp³-hybridized carbons (Fsp3) is 0.618. The van der Waals surface area contributed by atoms with Gasteiger partial charge in [0, 0.05) is 64.2 Å². The third kappa shape index (κ3) is 55.6. The summed E-state index contributed by atoms with van der Waals surface area (Å²) in [7, 11) is 0. The number of ether oxygens (including phenoxy) is 20. The molecule has 0 aliphatic heterocycles. The molecule has 129 heavy (non-hydrogen) atoms. The summed E-state index contributed by atoms with van der Waals surface area (Å²) >= 11 is 0. The molecule has 36 nitrogen and oxygen atoms in total. The van der Waals surface area contributed by atoms with E-state index in [2.05, 4.69) is 31.9 Å². The van der Waals surface area contributed by atoms with Gasteiger partial charge in [-0.3, -0.25) is 24.0 Å². The Kier molecular flexibility index (Phi) is 53.8. The molecule has 0 aliphatic rings. The summed E-state index contributed by atoms with van der Waals surface area (Å²) in [6.45, 7) is 24.7. The molecule has 0 saturated heterocycles. The summed E-state index contributed by atoms with van der Waals surface area (Å²) in [5.74, 6) is -13.9. The van der Waals surface area contributed by atoms with Gasteiger partial charge in [-0.15, -0.1) is 0 Å². The molecule has 40 heteroatoms. The van der Waals surface area contributed by atoms with Gasteiger partial charge in [-0.05, 0) is 136 Å². The van der Waals surface area contributed by atoms with Crippen LogP contribution in [-0.2, 0) is 138 Å². The van der Waals surface area contributed by atoms with Gasteiger partial charge in [0.1, 0.15) is 57.8 Å². The number of benzene rings is 4. The summed E-state index contributed by atoms with van der Waals surface area (Å²) in [6, 6.07) is 15.6. The normalized spacial score (nSPS) is 12.3. The minimum atomic E-state index is -1.96. The average Bonchev–Trinajstić information content (AvgIpc) is 0.809. The molecule has 0 spiro atoms. The fourth-order valence-corrected chi connectivity index (χ4v) is 10.7. The maximum absolute atomic E-state index is 14.5. The maximum Gasteiger partial charge on any atom is 0.407 e. The number of halogens is 4. The zero-order valence-electron chi connectivity index (χ0n) is 76.0. The number of nitrogens with one attached hydrogen (secondary N) is 6. The Balaban J connectivity index is 1.10. The van der Waals surface area contributed by atoms with Crippen LogP contribution in [-0.4, -0.2) is 298 Å². The lowest BCUT2D eigenvalue weighted by molar-refractivity contribution is -0.158. The van der Waals surface area contributed by atoms with Gasteiger partial charge in [0.25, 0.3) is 0 Å². The number of hydrogen-bond acceptors (Lipinski definition) is 30. The van der Waals surface area contributed by atoms with Crippen LogP contribution >= 0.6 is 0 Å². The number of amides is 6. The predicted molar refractivity (Wildman–Crippen MR) is 456 cm³/mol. The Morgan fingerprint density at radius 3 is 0.814 bits per heavy atom. The van der Waals surface area contributed by atoms with Crippen molar-refractivity contribution in [2.45, 2.75) is 162 Å². The lowest BCUT2D eigenvalue weighted by atomic mass is 10.0. The van der Waals surface area contributed by atoms with Gasteiger partial charge >= 0.3 is 30.0 Å². The number of rotatable bonds is 67. The van der Waals surface area contributed by atoms with Gasteiger partial charge in [0.05, 0.1) is 159 Å². The first-order valence-corrected chi connectivity index (χ1v) is 42.5. The number of hydrogen-bond donors (Lipinski definition) is 6. The molecule has 724 valence electrons. The summed E-state index contributed by atoms with van der Waals surface area (Å²) < 4.78 is 166. The maximum atomic E-state index is 14.5. The first-order chi connectivity index (χ1) is 61.3. The van der Waals surface area contributed by atoms with E-state index < -0.39 is 136 Å². The van der Waals surface area contributed by atoms with E-state index in [9.17, 15) is 65.5 Å². The first kappa shape index (κ1) is 111. The summed E-state index contributed by atoms with van der Waals surface area (Å²) in [4.78, 5) is 128. The monoisotopic (exact) mass is 1840 g/mol. The molecule has 3 atom stereocenters. The average molecular weight is 1840 g/mol. The van der Waals surface area contributed by atoms with Crippen LogP contribution in [0.15, 0.2) is 78.9 Å². The molecule has 3 unspecified atom stereocenters. The van der Waals surface area contributed by atoms with Crippen LogP contribution in [0.1, 0.15) is 119 Å². The Bertz CT molecular complexity index is 3930. The molecule has 6 amide bonds. The molecular weight excluding hydrogens is 1710 g/mol. The van der Waals surface area contributed by atoms with E-state index in [0.717, 1.165) is 0 Å². The second kappa shape index (κ2) is 62.3. The highest BCUT2D eigenvalue weighted by Crippen LogP contribution is 2.28.